The van der Waals surface area contributed by atoms with Gasteiger partial charge in [-0.3, -0.25) is 9.97 Å². The molecule has 9 atom stereocenters. The standard InChI is InChI=1S/C47H49N4O2/c1-31-13-14-39(43(33(31)3)21-19-41-17-15-37(26-50-41)45-11-7-5-9-35(45)24-48)29-53-30-40-23-32(2)34(4)44(47(40)28-52)22-20-42-18-16-38(27-51-42)46-12-8-6-10-36(46)25-49/h5-12,14-22,26-28,31-34,39-40,43-44,47H,13,23,29-30H2,1-4H3/b21-19+,22-20+/t31-,32-,33+,34+,39-,40?,43-,44-,47?/m0/s1. The second-order valence-electron chi connectivity index (χ2n) is 15.2. The minimum absolute atomic E-state index is 0.0932. The van der Waals surface area contributed by atoms with Crippen molar-refractivity contribution in [1.82, 2.24) is 9.97 Å². The number of carbonyl (C=O) groups is 1. The molecule has 2 unspecified atom stereocenters. The molecule has 4 aromatic rings. The van der Waals surface area contributed by atoms with Gasteiger partial charge in [0.2, 0.25) is 0 Å². The molecule has 0 aliphatic heterocycles. The SMILES string of the molecule is C[C@H]1[C@H](/C=C/c2ccc(-c3ccccc3C#N)cn2)[C@H](COCC2C[C@H](C)[C@@H](C)[C@H](/C=C/c3ccc(-c4ccccc4C#N)cn3)C2C=O)[CH]C[C@@H]1C. The molecule has 2 aromatic heterocycles. The summed E-state index contributed by atoms with van der Waals surface area (Å²) < 4.78 is 6.54. The van der Waals surface area contributed by atoms with E-state index in [2.05, 4.69) is 69.5 Å². The zero-order valence-corrected chi connectivity index (χ0v) is 31.2. The molecule has 6 heteroatoms. The third kappa shape index (κ3) is 8.73. The van der Waals surface area contributed by atoms with Crippen molar-refractivity contribution in [3.63, 3.8) is 0 Å². The van der Waals surface area contributed by atoms with Crippen LogP contribution in [0, 0.1) is 82.3 Å². The summed E-state index contributed by atoms with van der Waals surface area (Å²) in [5.41, 5.74) is 6.59. The van der Waals surface area contributed by atoms with E-state index in [1.807, 2.05) is 91.3 Å². The fraction of sp³-hybridized carbons (Fsp3) is 0.362. The van der Waals surface area contributed by atoms with Crippen LogP contribution in [-0.4, -0.2) is 29.5 Å². The first-order chi connectivity index (χ1) is 25.8. The van der Waals surface area contributed by atoms with Gasteiger partial charge in [-0.15, -0.1) is 0 Å². The van der Waals surface area contributed by atoms with Crippen molar-refractivity contribution < 1.29 is 9.53 Å². The molecule has 6 nitrogen and oxygen atoms in total. The maximum Gasteiger partial charge on any atom is 0.124 e. The number of ether oxygens (including phenoxy) is 1. The number of hydrogen-bond acceptors (Lipinski definition) is 6. The maximum absolute atomic E-state index is 12.7. The number of nitrogens with zero attached hydrogens (tertiary/aromatic N) is 4. The van der Waals surface area contributed by atoms with Crippen LogP contribution in [0.3, 0.4) is 0 Å². The van der Waals surface area contributed by atoms with Gasteiger partial charge in [-0.25, -0.2) is 0 Å². The van der Waals surface area contributed by atoms with Crippen LogP contribution in [0.2, 0.25) is 0 Å². The third-order valence-corrected chi connectivity index (χ3v) is 12.0. The average Bonchev–Trinajstić information content (AvgIpc) is 3.20. The molecule has 0 spiro atoms. The Hall–Kier alpha value is -5.17. The van der Waals surface area contributed by atoms with Gasteiger partial charge in [-0.2, -0.15) is 10.5 Å². The van der Waals surface area contributed by atoms with Crippen LogP contribution in [0.15, 0.2) is 97.3 Å². The fourth-order valence-electron chi connectivity index (χ4n) is 8.37. The molecule has 1 radical (unpaired) electrons. The number of pyridine rings is 2. The number of aldehydes is 1. The zero-order valence-electron chi connectivity index (χ0n) is 31.2. The quantitative estimate of drug-likeness (QED) is 0.144. The van der Waals surface area contributed by atoms with Crippen molar-refractivity contribution >= 4 is 18.4 Å². The van der Waals surface area contributed by atoms with Gasteiger partial charge in [0.05, 0.1) is 47.9 Å². The molecule has 2 aromatic carbocycles. The van der Waals surface area contributed by atoms with Gasteiger partial charge >= 0.3 is 0 Å². The molecule has 2 aliphatic rings. The van der Waals surface area contributed by atoms with Crippen molar-refractivity contribution in [2.75, 3.05) is 13.2 Å². The van der Waals surface area contributed by atoms with Crippen molar-refractivity contribution in [3.8, 4) is 34.4 Å². The van der Waals surface area contributed by atoms with Crippen LogP contribution in [0.5, 0.6) is 0 Å². The summed E-state index contributed by atoms with van der Waals surface area (Å²) in [5, 5.41) is 19.0. The van der Waals surface area contributed by atoms with E-state index < -0.39 is 0 Å². The molecular formula is C47H49N4O2. The van der Waals surface area contributed by atoms with Gasteiger partial charge in [-0.1, -0.05) is 88.4 Å². The van der Waals surface area contributed by atoms with Crippen LogP contribution in [-0.2, 0) is 9.53 Å². The number of carbonyl (C=O) groups excluding carboxylic acids is 1. The minimum Gasteiger partial charge on any atom is -0.381 e. The summed E-state index contributed by atoms with van der Waals surface area (Å²) >= 11 is 0. The Labute approximate surface area is 315 Å². The molecule has 0 amide bonds. The van der Waals surface area contributed by atoms with Gasteiger partial charge in [-0.05, 0) is 103 Å². The van der Waals surface area contributed by atoms with Gasteiger partial charge in [0.1, 0.15) is 6.29 Å². The van der Waals surface area contributed by atoms with Crippen molar-refractivity contribution in [2.45, 2.75) is 40.5 Å². The fourth-order valence-corrected chi connectivity index (χ4v) is 8.37. The molecule has 269 valence electrons. The molecule has 0 N–H and O–H groups in total. The number of benzene rings is 2. The zero-order chi connectivity index (χ0) is 37.3. The minimum atomic E-state index is -0.127. The van der Waals surface area contributed by atoms with Gasteiger partial charge in [0, 0.05) is 40.6 Å². The highest BCUT2D eigenvalue weighted by Crippen LogP contribution is 2.43. The summed E-state index contributed by atoms with van der Waals surface area (Å²) in [6, 6.07) is 27.7. The Morgan fingerprint density at radius 2 is 1.25 bits per heavy atom. The first kappa shape index (κ1) is 37.6. The highest BCUT2D eigenvalue weighted by molar-refractivity contribution is 5.71. The maximum atomic E-state index is 12.7. The smallest absolute Gasteiger partial charge is 0.124 e. The summed E-state index contributed by atoms with van der Waals surface area (Å²) in [5.74, 6) is 2.58. The summed E-state index contributed by atoms with van der Waals surface area (Å²) in [6.45, 7) is 10.4. The van der Waals surface area contributed by atoms with Gasteiger partial charge in [0.15, 0.2) is 0 Å². The Morgan fingerprint density at radius 1 is 0.698 bits per heavy atom. The predicted molar refractivity (Wildman–Crippen MR) is 211 cm³/mol. The Morgan fingerprint density at radius 3 is 1.77 bits per heavy atom. The lowest BCUT2D eigenvalue weighted by molar-refractivity contribution is -0.118. The normalized spacial score (nSPS) is 27.3. The molecule has 2 fully saturated rings. The number of nitriles is 2. The topological polar surface area (TPSA) is 99.7 Å². The van der Waals surface area contributed by atoms with Crippen LogP contribution in [0.25, 0.3) is 34.4 Å². The molecule has 2 heterocycles. The molecule has 0 bridgehead atoms. The van der Waals surface area contributed by atoms with E-state index in [0.717, 1.165) is 52.8 Å². The van der Waals surface area contributed by atoms with E-state index in [9.17, 15) is 15.3 Å². The van der Waals surface area contributed by atoms with E-state index >= 15 is 0 Å². The van der Waals surface area contributed by atoms with Crippen LogP contribution in [0.1, 0.15) is 63.1 Å². The Bertz CT molecular complexity index is 1990. The molecule has 2 aliphatic carbocycles. The second-order valence-corrected chi connectivity index (χ2v) is 15.2. The van der Waals surface area contributed by atoms with E-state index in [1.54, 1.807) is 0 Å². The van der Waals surface area contributed by atoms with E-state index in [1.165, 1.54) is 0 Å². The van der Waals surface area contributed by atoms with Crippen molar-refractivity contribution in [3.05, 3.63) is 126 Å². The lowest BCUT2D eigenvalue weighted by atomic mass is 9.63. The van der Waals surface area contributed by atoms with Crippen molar-refractivity contribution in [2.24, 2.45) is 53.3 Å². The monoisotopic (exact) mass is 701 g/mol. The first-order valence-corrected chi connectivity index (χ1v) is 18.9. The van der Waals surface area contributed by atoms with Gasteiger partial charge in [0.25, 0.3) is 0 Å². The van der Waals surface area contributed by atoms with Gasteiger partial charge < -0.3 is 9.53 Å². The highest BCUT2D eigenvalue weighted by Gasteiger charge is 2.40. The average molecular weight is 702 g/mol. The predicted octanol–water partition coefficient (Wildman–Crippen LogP) is 10.1. The molecule has 6 rings (SSSR count). The lowest BCUT2D eigenvalue weighted by Gasteiger charge is -2.42. The van der Waals surface area contributed by atoms with E-state index in [0.29, 0.717) is 53.9 Å². The highest BCUT2D eigenvalue weighted by atomic mass is 16.5. The lowest BCUT2D eigenvalue weighted by Crippen LogP contribution is -2.40. The molecule has 53 heavy (non-hydrogen) atoms. The first-order valence-electron chi connectivity index (χ1n) is 18.9. The largest absolute Gasteiger partial charge is 0.381 e. The van der Waals surface area contributed by atoms with Crippen LogP contribution < -0.4 is 0 Å². The second kappa shape index (κ2) is 17.6. The Kier molecular flexibility index (Phi) is 12.5. The van der Waals surface area contributed by atoms with Crippen LogP contribution >= 0.6 is 0 Å². The molecular weight excluding hydrogens is 653 g/mol. The summed E-state index contributed by atoms with van der Waals surface area (Å²) in [6.07, 6.45) is 17.9. The summed E-state index contributed by atoms with van der Waals surface area (Å²) in [4.78, 5) is 22.1. The number of hydrogen-bond donors (Lipinski definition) is 0. The number of aromatic nitrogens is 2. The summed E-state index contributed by atoms with van der Waals surface area (Å²) in [7, 11) is 0. The van der Waals surface area contributed by atoms with E-state index in [-0.39, 0.29) is 23.7 Å². The molecule has 2 saturated carbocycles. The van der Waals surface area contributed by atoms with Crippen molar-refractivity contribution in [1.29, 1.82) is 10.5 Å². The number of rotatable bonds is 11. The van der Waals surface area contributed by atoms with Crippen LogP contribution in [0.4, 0.5) is 0 Å². The van der Waals surface area contributed by atoms with E-state index in [4.69, 9.17) is 9.72 Å². The number of allylic oxidation sites excluding steroid dienone is 2. The Balaban J connectivity index is 1.09. The molecule has 0 saturated heterocycles. The third-order valence-electron chi connectivity index (χ3n) is 12.0.